The van der Waals surface area contributed by atoms with Crippen molar-refractivity contribution in [3.05, 3.63) is 48.0 Å². The molecule has 0 spiro atoms. The fourth-order valence-electron chi connectivity index (χ4n) is 2.67. The number of sulfonamides is 1. The number of rotatable bonds is 5. The first-order valence-corrected chi connectivity index (χ1v) is 8.97. The van der Waals surface area contributed by atoms with Gasteiger partial charge in [0.2, 0.25) is 10.0 Å². The van der Waals surface area contributed by atoms with Crippen LogP contribution in [0.2, 0.25) is 0 Å². The quantitative estimate of drug-likeness (QED) is 0.894. The Bertz CT molecular complexity index is 835. The van der Waals surface area contributed by atoms with E-state index in [4.69, 9.17) is 14.2 Å². The minimum atomic E-state index is -3.69. The molecule has 24 heavy (non-hydrogen) atoms. The van der Waals surface area contributed by atoms with Gasteiger partial charge in [-0.05, 0) is 30.2 Å². The number of benzene rings is 2. The van der Waals surface area contributed by atoms with E-state index in [1.807, 2.05) is 24.3 Å². The molecule has 0 aromatic heterocycles. The maximum Gasteiger partial charge on any atom is 0.241 e. The van der Waals surface area contributed by atoms with Crippen LogP contribution in [-0.2, 0) is 16.4 Å². The average molecular weight is 349 g/mol. The Hall–Kier alpha value is -2.25. The highest BCUT2D eigenvalue weighted by Gasteiger charge is 2.26. The van der Waals surface area contributed by atoms with Gasteiger partial charge in [-0.3, -0.25) is 0 Å². The van der Waals surface area contributed by atoms with Crippen LogP contribution in [0.3, 0.4) is 0 Å². The Morgan fingerprint density at radius 3 is 2.58 bits per heavy atom. The molecule has 0 radical (unpaired) electrons. The molecule has 3 rings (SSSR count). The molecule has 0 saturated heterocycles. The predicted molar refractivity (Wildman–Crippen MR) is 89.3 cm³/mol. The van der Waals surface area contributed by atoms with Crippen LogP contribution in [-0.4, -0.2) is 35.3 Å². The van der Waals surface area contributed by atoms with Gasteiger partial charge in [0.1, 0.15) is 12.4 Å². The number of methoxy groups -OCH3 is 2. The van der Waals surface area contributed by atoms with E-state index in [1.54, 1.807) is 6.07 Å². The van der Waals surface area contributed by atoms with Gasteiger partial charge in [0, 0.05) is 6.07 Å². The first-order chi connectivity index (χ1) is 11.5. The third kappa shape index (κ3) is 3.32. The van der Waals surface area contributed by atoms with Crippen LogP contribution >= 0.6 is 0 Å². The van der Waals surface area contributed by atoms with Gasteiger partial charge < -0.3 is 14.2 Å². The summed E-state index contributed by atoms with van der Waals surface area (Å²) in [6.07, 6.45) is 0.586. The van der Waals surface area contributed by atoms with Crippen molar-refractivity contribution in [1.82, 2.24) is 4.72 Å². The van der Waals surface area contributed by atoms with Crippen LogP contribution < -0.4 is 18.9 Å². The van der Waals surface area contributed by atoms with Crippen LogP contribution in [0.15, 0.2) is 47.4 Å². The number of hydrogen-bond acceptors (Lipinski definition) is 5. The van der Waals surface area contributed by atoms with Gasteiger partial charge in [-0.15, -0.1) is 0 Å². The minimum Gasteiger partial charge on any atom is -0.493 e. The highest BCUT2D eigenvalue weighted by molar-refractivity contribution is 7.89. The van der Waals surface area contributed by atoms with Crippen molar-refractivity contribution in [3.63, 3.8) is 0 Å². The van der Waals surface area contributed by atoms with Gasteiger partial charge in [0.25, 0.3) is 0 Å². The summed E-state index contributed by atoms with van der Waals surface area (Å²) < 4.78 is 43.9. The van der Waals surface area contributed by atoms with Gasteiger partial charge >= 0.3 is 0 Å². The molecular weight excluding hydrogens is 330 g/mol. The molecule has 0 amide bonds. The first-order valence-electron chi connectivity index (χ1n) is 7.48. The fraction of sp³-hybridized carbons (Fsp3) is 0.294. The van der Waals surface area contributed by atoms with Crippen LogP contribution in [0.4, 0.5) is 0 Å². The molecule has 0 fully saturated rings. The molecule has 0 saturated carbocycles. The summed E-state index contributed by atoms with van der Waals surface area (Å²) in [4.78, 5) is 0.124. The summed E-state index contributed by atoms with van der Waals surface area (Å²) in [6.45, 7) is 0.295. The summed E-state index contributed by atoms with van der Waals surface area (Å²) in [5.74, 6) is 1.65. The SMILES string of the molecule is COc1ccc(S(=O)(=O)N[C@H]2COc3ccccc3C2)cc1OC. The molecule has 0 unspecified atom stereocenters. The zero-order valence-corrected chi connectivity index (χ0v) is 14.3. The molecule has 6 nitrogen and oxygen atoms in total. The standard InChI is InChI=1S/C17H19NO5S/c1-21-16-8-7-14(10-17(16)22-2)24(19,20)18-13-9-12-5-3-4-6-15(12)23-11-13/h3-8,10,13,18H,9,11H2,1-2H3/t13-/m1/s1. The van der Waals surface area contributed by atoms with Crippen molar-refractivity contribution in [3.8, 4) is 17.2 Å². The molecule has 1 aliphatic rings. The molecule has 1 aliphatic heterocycles. The predicted octanol–water partition coefficient (Wildman–Crippen LogP) is 1.99. The molecule has 7 heteroatoms. The normalized spacial score (nSPS) is 16.8. The lowest BCUT2D eigenvalue weighted by Crippen LogP contribution is -2.42. The van der Waals surface area contributed by atoms with Gasteiger partial charge in [0.05, 0.1) is 25.2 Å². The van der Waals surface area contributed by atoms with Crippen LogP contribution in [0, 0.1) is 0 Å². The molecule has 1 atom stereocenters. The van der Waals surface area contributed by atoms with Crippen molar-refractivity contribution in [2.45, 2.75) is 17.4 Å². The largest absolute Gasteiger partial charge is 0.493 e. The Morgan fingerprint density at radius 2 is 1.83 bits per heavy atom. The maximum absolute atomic E-state index is 12.6. The first kappa shape index (κ1) is 16.6. The van der Waals surface area contributed by atoms with Gasteiger partial charge in [-0.2, -0.15) is 0 Å². The van der Waals surface area contributed by atoms with E-state index in [0.717, 1.165) is 11.3 Å². The Morgan fingerprint density at radius 1 is 1.08 bits per heavy atom. The van der Waals surface area contributed by atoms with E-state index >= 15 is 0 Å². The molecule has 1 N–H and O–H groups in total. The number of nitrogens with one attached hydrogen (secondary N) is 1. The van der Waals surface area contributed by atoms with Crippen LogP contribution in [0.5, 0.6) is 17.2 Å². The van der Waals surface area contributed by atoms with Gasteiger partial charge in [0.15, 0.2) is 11.5 Å². The van der Waals surface area contributed by atoms with Crippen molar-refractivity contribution >= 4 is 10.0 Å². The second kappa shape index (κ2) is 6.70. The van der Waals surface area contributed by atoms with Crippen LogP contribution in [0.1, 0.15) is 5.56 Å². The monoisotopic (exact) mass is 349 g/mol. The lowest BCUT2D eigenvalue weighted by atomic mass is 10.0. The van der Waals surface area contributed by atoms with Crippen molar-refractivity contribution < 1.29 is 22.6 Å². The van der Waals surface area contributed by atoms with E-state index in [0.29, 0.717) is 24.5 Å². The van der Waals surface area contributed by atoms with Crippen molar-refractivity contribution in [2.75, 3.05) is 20.8 Å². The minimum absolute atomic E-state index is 0.124. The summed E-state index contributed by atoms with van der Waals surface area (Å²) >= 11 is 0. The number of ether oxygens (including phenoxy) is 3. The Balaban J connectivity index is 1.80. The second-order valence-corrected chi connectivity index (χ2v) is 7.17. The van der Waals surface area contributed by atoms with E-state index in [2.05, 4.69) is 4.72 Å². The van der Waals surface area contributed by atoms with Crippen molar-refractivity contribution in [2.24, 2.45) is 0 Å². The van der Waals surface area contributed by atoms with E-state index in [1.165, 1.54) is 26.4 Å². The molecule has 0 bridgehead atoms. The molecule has 1 heterocycles. The molecule has 2 aromatic rings. The zero-order chi connectivity index (χ0) is 17.2. The summed E-state index contributed by atoms with van der Waals surface area (Å²) in [7, 11) is -0.719. The van der Waals surface area contributed by atoms with Gasteiger partial charge in [-0.25, -0.2) is 13.1 Å². The summed E-state index contributed by atoms with van der Waals surface area (Å²) in [5.41, 5.74) is 0.990. The summed E-state index contributed by atoms with van der Waals surface area (Å²) in [6, 6.07) is 11.8. The number of fused-ring (bicyclic) bond motifs is 1. The fourth-order valence-corrected chi connectivity index (χ4v) is 3.91. The van der Waals surface area contributed by atoms with Gasteiger partial charge in [-0.1, -0.05) is 18.2 Å². The lowest BCUT2D eigenvalue weighted by Gasteiger charge is -2.26. The van der Waals surface area contributed by atoms with Crippen LogP contribution in [0.25, 0.3) is 0 Å². The molecular formula is C17H19NO5S. The smallest absolute Gasteiger partial charge is 0.241 e. The summed E-state index contributed by atoms with van der Waals surface area (Å²) in [5, 5.41) is 0. The van der Waals surface area contributed by atoms with E-state index in [9.17, 15) is 8.42 Å². The Labute approximate surface area is 141 Å². The lowest BCUT2D eigenvalue weighted by molar-refractivity contribution is 0.254. The zero-order valence-electron chi connectivity index (χ0n) is 13.5. The second-order valence-electron chi connectivity index (χ2n) is 5.46. The van der Waals surface area contributed by atoms with Crippen molar-refractivity contribution in [1.29, 1.82) is 0 Å². The topological polar surface area (TPSA) is 73.9 Å². The maximum atomic E-state index is 12.6. The highest BCUT2D eigenvalue weighted by Crippen LogP contribution is 2.30. The third-order valence-corrected chi connectivity index (χ3v) is 5.38. The number of hydrogen-bond donors (Lipinski definition) is 1. The Kier molecular flexibility index (Phi) is 4.64. The molecule has 128 valence electrons. The molecule has 0 aliphatic carbocycles. The third-order valence-electron chi connectivity index (χ3n) is 3.87. The molecule has 2 aromatic carbocycles. The number of para-hydroxylation sites is 1. The average Bonchev–Trinajstić information content (AvgIpc) is 2.60. The highest BCUT2D eigenvalue weighted by atomic mass is 32.2. The van der Waals surface area contributed by atoms with E-state index < -0.39 is 10.0 Å². The van der Waals surface area contributed by atoms with E-state index in [-0.39, 0.29) is 10.9 Å².